The maximum atomic E-state index is 7.15. The standard InChI is InChI=1S/C77H64N2O/c1-49-31-37-57(45-64(49)51-21-11-9-12-22-51)78(55-39-33-53(34-40-55)75(3,4)5)59-43-44-62-68(47-59)77(66-28-18-15-25-60(66)61-26-16-19-29-67(61)77)74-69(48-71-72(73(62)74)63-27-17-20-30-70(63)80-71)79(56-41-35-54(36-42-56)76(6,7)8)58-38-32-50(2)65(46-58)52-23-13-10-14-24-52/h9-48H,1-8H3. The molecule has 0 unspecified atom stereocenters. The number of benzene rings is 11. The minimum atomic E-state index is -0.781. The lowest BCUT2D eigenvalue weighted by Crippen LogP contribution is -2.28. The van der Waals surface area contributed by atoms with Crippen molar-refractivity contribution in [2.24, 2.45) is 0 Å². The number of hydrogen-bond acceptors (Lipinski definition) is 3. The SMILES string of the molecule is Cc1ccc(N(c2ccc(C(C)(C)C)cc2)c2ccc3c(c2)C2(c4ccccc4-c4ccccc42)c2c(N(c4ccc(C(C)(C)C)cc4)c4ccc(C)c(-c5ccccc5)c4)cc4oc5ccccc5c4c2-3)cc1-c1ccccc1. The molecule has 0 bridgehead atoms. The van der Waals surface area contributed by atoms with Gasteiger partial charge in [-0.2, -0.15) is 0 Å². The lowest BCUT2D eigenvalue weighted by molar-refractivity contribution is 0.590. The summed E-state index contributed by atoms with van der Waals surface area (Å²) in [6.45, 7) is 18.2. The summed E-state index contributed by atoms with van der Waals surface area (Å²) in [5.74, 6) is 0. The van der Waals surface area contributed by atoms with Crippen LogP contribution in [0.4, 0.5) is 34.1 Å². The van der Waals surface area contributed by atoms with E-state index in [1.807, 2.05) is 0 Å². The third-order valence-corrected chi connectivity index (χ3v) is 17.3. The van der Waals surface area contributed by atoms with Gasteiger partial charge in [0.2, 0.25) is 0 Å². The second kappa shape index (κ2) is 18.5. The molecule has 0 amide bonds. The second-order valence-corrected chi connectivity index (χ2v) is 24.2. The van der Waals surface area contributed by atoms with Crippen LogP contribution in [0.15, 0.2) is 247 Å². The van der Waals surface area contributed by atoms with Gasteiger partial charge in [0.1, 0.15) is 11.2 Å². The lowest BCUT2D eigenvalue weighted by Gasteiger charge is -2.36. The Kier molecular flexibility index (Phi) is 11.3. The van der Waals surface area contributed by atoms with Crippen LogP contribution in [-0.2, 0) is 16.2 Å². The summed E-state index contributed by atoms with van der Waals surface area (Å²) in [6, 6.07) is 90.9. The Labute approximate surface area is 471 Å². The van der Waals surface area contributed by atoms with E-state index >= 15 is 0 Å². The first kappa shape index (κ1) is 49.1. The van der Waals surface area contributed by atoms with Crippen LogP contribution in [0.25, 0.3) is 66.4 Å². The van der Waals surface area contributed by atoms with Gasteiger partial charge in [-0.15, -0.1) is 0 Å². The van der Waals surface area contributed by atoms with Gasteiger partial charge in [-0.25, -0.2) is 0 Å². The smallest absolute Gasteiger partial charge is 0.138 e. The van der Waals surface area contributed by atoms with E-state index < -0.39 is 5.41 Å². The fraction of sp³-hybridized carbons (Fsp3) is 0.143. The Bertz CT molecular complexity index is 4330. The number of para-hydroxylation sites is 1. The summed E-state index contributed by atoms with van der Waals surface area (Å²) >= 11 is 0. The van der Waals surface area contributed by atoms with Crippen molar-refractivity contribution in [1.82, 2.24) is 0 Å². The van der Waals surface area contributed by atoms with Crippen LogP contribution in [0.1, 0.15) is 86.1 Å². The maximum Gasteiger partial charge on any atom is 0.138 e. The summed E-state index contributed by atoms with van der Waals surface area (Å²) in [6.07, 6.45) is 0. The number of fused-ring (bicyclic) bond motifs is 14. The molecule has 11 aromatic carbocycles. The van der Waals surface area contributed by atoms with Gasteiger partial charge in [0.25, 0.3) is 0 Å². The van der Waals surface area contributed by atoms with Crippen LogP contribution in [0.3, 0.4) is 0 Å². The molecule has 0 N–H and O–H groups in total. The summed E-state index contributed by atoms with van der Waals surface area (Å²) in [5.41, 5.74) is 27.1. The average molecular weight is 1030 g/mol. The van der Waals surface area contributed by atoms with E-state index in [4.69, 9.17) is 4.42 Å². The van der Waals surface area contributed by atoms with Crippen molar-refractivity contribution in [2.75, 3.05) is 9.80 Å². The molecule has 2 aliphatic rings. The molecule has 3 nitrogen and oxygen atoms in total. The number of nitrogens with zero attached hydrogens (tertiary/aromatic N) is 2. The lowest BCUT2D eigenvalue weighted by atomic mass is 9.69. The maximum absolute atomic E-state index is 7.15. The molecule has 1 spiro atoms. The van der Waals surface area contributed by atoms with Crippen LogP contribution in [-0.4, -0.2) is 0 Å². The van der Waals surface area contributed by atoms with Gasteiger partial charge in [-0.05, 0) is 169 Å². The summed E-state index contributed by atoms with van der Waals surface area (Å²) < 4.78 is 7.15. The van der Waals surface area contributed by atoms with E-state index in [-0.39, 0.29) is 10.8 Å². The first-order chi connectivity index (χ1) is 38.8. The second-order valence-electron chi connectivity index (χ2n) is 24.2. The van der Waals surface area contributed by atoms with E-state index in [0.29, 0.717) is 0 Å². The van der Waals surface area contributed by atoms with Gasteiger partial charge in [0.05, 0.1) is 11.1 Å². The molecule has 388 valence electrons. The molecule has 1 heterocycles. The van der Waals surface area contributed by atoms with Crippen molar-refractivity contribution in [3.63, 3.8) is 0 Å². The van der Waals surface area contributed by atoms with Crippen LogP contribution in [0.2, 0.25) is 0 Å². The Morgan fingerprint density at radius 1 is 0.350 bits per heavy atom. The van der Waals surface area contributed by atoms with Gasteiger partial charge in [0.15, 0.2) is 0 Å². The Morgan fingerprint density at radius 2 is 0.800 bits per heavy atom. The summed E-state index contributed by atoms with van der Waals surface area (Å²) in [5, 5.41) is 2.23. The predicted molar refractivity (Wildman–Crippen MR) is 337 cm³/mol. The van der Waals surface area contributed by atoms with Crippen molar-refractivity contribution in [1.29, 1.82) is 0 Å². The number of aryl methyl sites for hydroxylation is 2. The van der Waals surface area contributed by atoms with E-state index in [1.165, 1.54) is 89.0 Å². The Hall–Kier alpha value is -9.18. The van der Waals surface area contributed by atoms with Crippen molar-refractivity contribution in [3.8, 4) is 44.5 Å². The van der Waals surface area contributed by atoms with Crippen LogP contribution in [0, 0.1) is 13.8 Å². The van der Waals surface area contributed by atoms with Crippen molar-refractivity contribution in [3.05, 3.63) is 287 Å². The molecule has 80 heavy (non-hydrogen) atoms. The minimum Gasteiger partial charge on any atom is -0.456 e. The normalized spacial score (nSPS) is 13.1. The zero-order valence-electron chi connectivity index (χ0n) is 46.9. The Balaban J connectivity index is 1.11. The van der Waals surface area contributed by atoms with E-state index in [0.717, 1.165) is 56.1 Å². The Morgan fingerprint density at radius 3 is 1.35 bits per heavy atom. The summed E-state index contributed by atoms with van der Waals surface area (Å²) in [7, 11) is 0. The van der Waals surface area contributed by atoms with Crippen molar-refractivity contribution in [2.45, 2.75) is 71.6 Å². The van der Waals surface area contributed by atoms with Gasteiger partial charge in [-0.3, -0.25) is 0 Å². The predicted octanol–water partition coefficient (Wildman–Crippen LogP) is 21.4. The highest BCUT2D eigenvalue weighted by molar-refractivity contribution is 6.19. The van der Waals surface area contributed by atoms with E-state index in [9.17, 15) is 0 Å². The molecule has 0 fully saturated rings. The fourth-order valence-corrected chi connectivity index (χ4v) is 13.3. The molecular formula is C77H64N2O. The molecule has 0 saturated carbocycles. The monoisotopic (exact) mass is 1030 g/mol. The molecule has 1 aromatic heterocycles. The molecule has 0 saturated heterocycles. The largest absolute Gasteiger partial charge is 0.456 e. The molecule has 0 atom stereocenters. The van der Waals surface area contributed by atoms with E-state index in [2.05, 4.69) is 308 Å². The molecular weight excluding hydrogens is 969 g/mol. The van der Waals surface area contributed by atoms with Crippen LogP contribution in [0.5, 0.6) is 0 Å². The summed E-state index contributed by atoms with van der Waals surface area (Å²) in [4.78, 5) is 5.01. The number of furan rings is 1. The van der Waals surface area contributed by atoms with E-state index in [1.54, 1.807) is 0 Å². The first-order valence-electron chi connectivity index (χ1n) is 28.2. The molecule has 3 heteroatoms. The molecule has 2 aliphatic carbocycles. The molecule has 0 aliphatic heterocycles. The average Bonchev–Trinajstić information content (AvgIpc) is 3.80. The van der Waals surface area contributed by atoms with Gasteiger partial charge in [0, 0.05) is 56.4 Å². The molecule has 12 aromatic rings. The fourth-order valence-electron chi connectivity index (χ4n) is 13.3. The van der Waals surface area contributed by atoms with Crippen molar-refractivity contribution >= 4 is 56.1 Å². The molecule has 0 radical (unpaired) electrons. The number of anilines is 6. The minimum absolute atomic E-state index is 0.00676. The van der Waals surface area contributed by atoms with Crippen molar-refractivity contribution < 1.29 is 4.42 Å². The first-order valence-corrected chi connectivity index (χ1v) is 28.2. The topological polar surface area (TPSA) is 19.6 Å². The van der Waals surface area contributed by atoms with Gasteiger partial charge >= 0.3 is 0 Å². The third-order valence-electron chi connectivity index (χ3n) is 17.3. The van der Waals surface area contributed by atoms with Crippen LogP contribution >= 0.6 is 0 Å². The highest BCUT2D eigenvalue weighted by Gasteiger charge is 2.54. The zero-order valence-corrected chi connectivity index (χ0v) is 46.9. The quantitative estimate of drug-likeness (QED) is 0.151. The highest BCUT2D eigenvalue weighted by atomic mass is 16.3. The number of hydrogen-bond donors (Lipinski definition) is 0. The van der Waals surface area contributed by atoms with Gasteiger partial charge in [-0.1, -0.05) is 211 Å². The number of rotatable bonds is 8. The zero-order chi connectivity index (χ0) is 54.7. The third kappa shape index (κ3) is 7.70. The molecule has 14 rings (SSSR count). The van der Waals surface area contributed by atoms with Crippen LogP contribution < -0.4 is 9.80 Å². The van der Waals surface area contributed by atoms with Gasteiger partial charge < -0.3 is 14.2 Å². The highest BCUT2D eigenvalue weighted by Crippen LogP contribution is 2.68.